The van der Waals surface area contributed by atoms with Gasteiger partial charge in [-0.25, -0.2) is 0 Å². The Morgan fingerprint density at radius 1 is 1.21 bits per heavy atom. The summed E-state index contributed by atoms with van der Waals surface area (Å²) in [5.41, 5.74) is 2.13. The van der Waals surface area contributed by atoms with Gasteiger partial charge in [0.15, 0.2) is 0 Å². The topological polar surface area (TPSA) is 76.6 Å². The summed E-state index contributed by atoms with van der Waals surface area (Å²) in [6, 6.07) is 5.60. The summed E-state index contributed by atoms with van der Waals surface area (Å²) in [6.07, 6.45) is 3.41. The molecule has 3 aliphatic rings. The predicted molar refractivity (Wildman–Crippen MR) is 135 cm³/mol. The van der Waals surface area contributed by atoms with E-state index >= 15 is 0 Å². The molecule has 2 saturated heterocycles. The number of hydrogen-bond donors (Lipinski definition) is 3. The van der Waals surface area contributed by atoms with Crippen molar-refractivity contribution in [3.05, 3.63) is 39.4 Å². The molecule has 33 heavy (non-hydrogen) atoms. The highest BCUT2D eigenvalue weighted by atomic mass is 35.5. The molecular formula is C24H32Cl2N6O. The maximum atomic E-state index is 9.28. The van der Waals surface area contributed by atoms with E-state index < -0.39 is 0 Å². The fourth-order valence-corrected chi connectivity index (χ4v) is 5.92. The fourth-order valence-electron chi connectivity index (χ4n) is 5.35. The lowest BCUT2D eigenvalue weighted by Gasteiger charge is -2.46. The second kappa shape index (κ2) is 9.82. The van der Waals surface area contributed by atoms with E-state index in [4.69, 9.17) is 33.2 Å². The van der Waals surface area contributed by atoms with Gasteiger partial charge >= 0.3 is 0 Å². The number of β-amino-alcohol motifs (C(OH)–C–C–N with tert-alkyl or cyclic N) is 1. The van der Waals surface area contributed by atoms with Crippen LogP contribution >= 0.6 is 23.2 Å². The van der Waals surface area contributed by atoms with Crippen molar-refractivity contribution >= 4 is 40.8 Å². The normalized spacial score (nSPS) is 21.9. The molecule has 0 amide bonds. The van der Waals surface area contributed by atoms with Gasteiger partial charge in [0.2, 0.25) is 5.95 Å². The third-order valence-corrected chi connectivity index (χ3v) is 7.82. The summed E-state index contributed by atoms with van der Waals surface area (Å²) in [7, 11) is 0. The highest BCUT2D eigenvalue weighted by molar-refractivity contribution is 6.35. The molecule has 5 rings (SSSR count). The standard InChI is InChI=1S/C24H32Cl2N6O/c1-15(19-5-4-18(25)11-21(19)26)28-23-20-6-7-27-22(20)29-24(30-23)32-13-17(14-32)16-3-2-8-31(12-16)9-10-33/h4-5,11,15-17,33H,2-3,6-10,12-14H2,1H3,(H2,27,28,29,30)/t15?,16-/m0/s1. The Labute approximate surface area is 205 Å². The first kappa shape index (κ1) is 23.0. The van der Waals surface area contributed by atoms with Crippen LogP contribution in [0.25, 0.3) is 0 Å². The molecule has 3 N–H and O–H groups in total. The van der Waals surface area contributed by atoms with Crippen molar-refractivity contribution in [3.63, 3.8) is 0 Å². The smallest absolute Gasteiger partial charge is 0.229 e. The lowest BCUT2D eigenvalue weighted by atomic mass is 9.81. The number of nitrogens with zero attached hydrogens (tertiary/aromatic N) is 4. The Morgan fingerprint density at radius 2 is 2.06 bits per heavy atom. The average Bonchev–Trinajstić information content (AvgIpc) is 3.22. The van der Waals surface area contributed by atoms with E-state index in [9.17, 15) is 5.11 Å². The summed E-state index contributed by atoms with van der Waals surface area (Å²) in [5, 5.41) is 17.6. The molecule has 9 heteroatoms. The second-order valence-electron chi connectivity index (χ2n) is 9.50. The minimum atomic E-state index is -0.00824. The van der Waals surface area contributed by atoms with E-state index in [1.54, 1.807) is 6.07 Å². The number of benzene rings is 1. The minimum Gasteiger partial charge on any atom is -0.395 e. The number of anilines is 3. The molecule has 3 aliphatic heterocycles. The molecule has 0 saturated carbocycles. The first-order valence-electron chi connectivity index (χ1n) is 12.0. The number of aliphatic hydroxyl groups excluding tert-OH is 1. The van der Waals surface area contributed by atoms with Gasteiger partial charge < -0.3 is 25.5 Å². The first-order chi connectivity index (χ1) is 16.0. The highest BCUT2D eigenvalue weighted by Gasteiger charge is 2.37. The van der Waals surface area contributed by atoms with Crippen molar-refractivity contribution in [2.45, 2.75) is 32.2 Å². The van der Waals surface area contributed by atoms with Crippen LogP contribution in [0.3, 0.4) is 0 Å². The number of fused-ring (bicyclic) bond motifs is 1. The van der Waals surface area contributed by atoms with Crippen LogP contribution in [-0.2, 0) is 6.42 Å². The predicted octanol–water partition coefficient (Wildman–Crippen LogP) is 4.07. The summed E-state index contributed by atoms with van der Waals surface area (Å²) >= 11 is 12.5. The zero-order valence-electron chi connectivity index (χ0n) is 19.0. The quantitative estimate of drug-likeness (QED) is 0.539. The molecule has 1 aromatic heterocycles. The molecule has 1 aromatic carbocycles. The van der Waals surface area contributed by atoms with Crippen molar-refractivity contribution < 1.29 is 5.11 Å². The van der Waals surface area contributed by atoms with Crippen LogP contribution in [0.15, 0.2) is 18.2 Å². The molecule has 0 aliphatic carbocycles. The zero-order valence-corrected chi connectivity index (χ0v) is 20.5. The molecule has 4 heterocycles. The van der Waals surface area contributed by atoms with Gasteiger partial charge in [-0.15, -0.1) is 0 Å². The molecule has 2 atom stereocenters. The molecule has 1 unspecified atom stereocenters. The van der Waals surface area contributed by atoms with Crippen molar-refractivity contribution in [1.82, 2.24) is 14.9 Å². The second-order valence-corrected chi connectivity index (χ2v) is 10.3. The molecular weight excluding hydrogens is 459 g/mol. The van der Waals surface area contributed by atoms with Crippen molar-refractivity contribution in [2.75, 3.05) is 61.4 Å². The number of likely N-dealkylation sites (tertiary alicyclic amines) is 1. The van der Waals surface area contributed by atoms with Crippen LogP contribution in [-0.4, -0.2) is 65.8 Å². The van der Waals surface area contributed by atoms with E-state index in [-0.39, 0.29) is 12.6 Å². The monoisotopic (exact) mass is 490 g/mol. The molecule has 178 valence electrons. The zero-order chi connectivity index (χ0) is 22.9. The van der Waals surface area contributed by atoms with Gasteiger partial charge in [0, 0.05) is 48.3 Å². The van der Waals surface area contributed by atoms with Crippen molar-refractivity contribution in [3.8, 4) is 0 Å². The lowest BCUT2D eigenvalue weighted by Crippen LogP contribution is -2.54. The Kier molecular flexibility index (Phi) is 6.84. The number of nitrogens with one attached hydrogen (secondary N) is 2. The maximum absolute atomic E-state index is 9.28. The van der Waals surface area contributed by atoms with Gasteiger partial charge in [0.25, 0.3) is 0 Å². The molecule has 2 fully saturated rings. The van der Waals surface area contributed by atoms with Gasteiger partial charge in [0.1, 0.15) is 11.6 Å². The Morgan fingerprint density at radius 3 is 2.85 bits per heavy atom. The summed E-state index contributed by atoms with van der Waals surface area (Å²) < 4.78 is 0. The van der Waals surface area contributed by atoms with E-state index in [0.717, 1.165) is 74.4 Å². The van der Waals surface area contributed by atoms with Crippen LogP contribution in [0.4, 0.5) is 17.6 Å². The van der Waals surface area contributed by atoms with Gasteiger partial charge in [-0.3, -0.25) is 0 Å². The third-order valence-electron chi connectivity index (χ3n) is 7.26. The van der Waals surface area contributed by atoms with Crippen LogP contribution < -0.4 is 15.5 Å². The van der Waals surface area contributed by atoms with Gasteiger partial charge in [-0.2, -0.15) is 9.97 Å². The number of piperidine rings is 1. The van der Waals surface area contributed by atoms with Crippen LogP contribution in [0.1, 0.15) is 36.9 Å². The maximum Gasteiger partial charge on any atom is 0.229 e. The number of aromatic nitrogens is 2. The number of halogens is 2. The fraction of sp³-hybridized carbons (Fsp3) is 0.583. The number of aliphatic hydroxyl groups is 1. The first-order valence-corrected chi connectivity index (χ1v) is 12.7. The Bertz CT molecular complexity index is 997. The molecule has 0 bridgehead atoms. The third kappa shape index (κ3) is 4.87. The Hall–Kier alpha value is -1.80. The number of rotatable bonds is 7. The number of hydrogen-bond acceptors (Lipinski definition) is 7. The van der Waals surface area contributed by atoms with Gasteiger partial charge in [-0.05, 0) is 62.3 Å². The van der Waals surface area contributed by atoms with Crippen molar-refractivity contribution in [1.29, 1.82) is 0 Å². The molecule has 7 nitrogen and oxygen atoms in total. The van der Waals surface area contributed by atoms with Crippen LogP contribution in [0.2, 0.25) is 10.0 Å². The largest absolute Gasteiger partial charge is 0.395 e. The molecule has 0 spiro atoms. The van der Waals surface area contributed by atoms with E-state index in [1.165, 1.54) is 12.8 Å². The lowest BCUT2D eigenvalue weighted by molar-refractivity contribution is 0.101. The van der Waals surface area contributed by atoms with Crippen LogP contribution in [0, 0.1) is 11.8 Å². The van der Waals surface area contributed by atoms with E-state index in [1.807, 2.05) is 12.1 Å². The summed E-state index contributed by atoms with van der Waals surface area (Å²) in [5.74, 6) is 3.97. The van der Waals surface area contributed by atoms with Crippen molar-refractivity contribution in [2.24, 2.45) is 11.8 Å². The van der Waals surface area contributed by atoms with Crippen LogP contribution in [0.5, 0.6) is 0 Å². The summed E-state index contributed by atoms with van der Waals surface area (Å²) in [4.78, 5) is 14.5. The van der Waals surface area contributed by atoms with E-state index in [0.29, 0.717) is 21.9 Å². The SMILES string of the molecule is CC(Nc1nc(N2CC([C@H]3CCCN(CCO)C3)C2)nc2c1CCN2)c1ccc(Cl)cc1Cl. The van der Waals surface area contributed by atoms with E-state index in [2.05, 4.69) is 27.4 Å². The highest BCUT2D eigenvalue weighted by Crippen LogP contribution is 2.37. The average molecular weight is 491 g/mol. The van der Waals surface area contributed by atoms with Gasteiger partial charge in [-0.1, -0.05) is 29.3 Å². The Balaban J connectivity index is 1.29. The van der Waals surface area contributed by atoms with Gasteiger partial charge in [0.05, 0.1) is 12.6 Å². The molecule has 2 aromatic rings. The minimum absolute atomic E-state index is 0.00824. The molecule has 0 radical (unpaired) electrons. The summed E-state index contributed by atoms with van der Waals surface area (Å²) in [6.45, 7) is 8.20.